The van der Waals surface area contributed by atoms with E-state index >= 15 is 4.39 Å². The van der Waals surface area contributed by atoms with Crippen LogP contribution >= 0.6 is 23.2 Å². The molecule has 2 amide bonds. The molecule has 4 aromatic rings. The second kappa shape index (κ2) is 15.6. The van der Waals surface area contributed by atoms with Crippen LogP contribution in [-0.2, 0) is 27.4 Å². The summed E-state index contributed by atoms with van der Waals surface area (Å²) in [5.74, 6) is -0.892. The van der Waals surface area contributed by atoms with Crippen LogP contribution in [0.5, 0.6) is 5.75 Å². The number of aromatic nitrogens is 2. The third-order valence-electron chi connectivity index (χ3n) is 8.98. The lowest BCUT2D eigenvalue weighted by Gasteiger charge is -2.24. The average molecular weight is 724 g/mol. The normalized spacial score (nSPS) is 16.9. The Morgan fingerprint density at radius 2 is 1.80 bits per heavy atom. The molecule has 2 aliphatic rings. The van der Waals surface area contributed by atoms with E-state index in [1.807, 2.05) is 0 Å². The number of esters is 1. The highest BCUT2D eigenvalue weighted by atomic mass is 35.5. The van der Waals surface area contributed by atoms with Gasteiger partial charge in [0.25, 0.3) is 5.91 Å². The molecule has 262 valence electrons. The van der Waals surface area contributed by atoms with Crippen molar-refractivity contribution >= 4 is 46.7 Å². The van der Waals surface area contributed by atoms with Crippen LogP contribution in [0, 0.1) is 5.82 Å². The molecule has 2 atom stereocenters. The smallest absolute Gasteiger partial charge is 0.319 e. The molecule has 4 N–H and O–H groups in total. The summed E-state index contributed by atoms with van der Waals surface area (Å²) in [6.45, 7) is 1.44. The van der Waals surface area contributed by atoms with Gasteiger partial charge in [-0.15, -0.1) is 0 Å². The number of fused-ring (bicyclic) bond motifs is 1. The van der Waals surface area contributed by atoms with Crippen LogP contribution in [0.4, 0.5) is 10.1 Å². The van der Waals surface area contributed by atoms with Crippen molar-refractivity contribution in [3.8, 4) is 28.0 Å². The standard InChI is InChI=1S/C36H37Cl2FN6O5/c1-49-31-15-20(14-26(39)25(31)18-40-17-21-11-12-32(46)42-21)22-6-3-7-23(34(22)37)24-8-4-9-28(35(24)38)43-36(48)29-16-30-27(41-19-33(47)50-2)10-5-13-45(30)44-29/h3-4,6-9,14-16,21,27,40-41H,5,10-13,17-19H2,1-2H3,(H,42,46)(H,43,48)/t21-,27-/m0/s1. The maximum Gasteiger partial charge on any atom is 0.319 e. The molecule has 50 heavy (non-hydrogen) atoms. The van der Waals surface area contributed by atoms with E-state index in [0.717, 1.165) is 25.0 Å². The number of carbonyl (C=O) groups is 3. The number of halogens is 3. The molecule has 2 aliphatic heterocycles. The number of amides is 2. The van der Waals surface area contributed by atoms with Gasteiger partial charge in [0.2, 0.25) is 5.91 Å². The third kappa shape index (κ3) is 7.63. The molecule has 11 nitrogen and oxygen atoms in total. The van der Waals surface area contributed by atoms with Crippen molar-refractivity contribution < 1.29 is 28.2 Å². The zero-order valence-corrected chi connectivity index (χ0v) is 29.1. The van der Waals surface area contributed by atoms with Gasteiger partial charge < -0.3 is 25.4 Å². The summed E-state index contributed by atoms with van der Waals surface area (Å²) in [5.41, 5.74) is 4.00. The molecule has 0 saturated carbocycles. The van der Waals surface area contributed by atoms with Crippen LogP contribution in [0.2, 0.25) is 10.0 Å². The highest BCUT2D eigenvalue weighted by Gasteiger charge is 2.26. The summed E-state index contributed by atoms with van der Waals surface area (Å²) in [6, 6.07) is 15.4. The van der Waals surface area contributed by atoms with Crippen LogP contribution in [-0.4, -0.2) is 60.9 Å². The molecule has 0 aliphatic carbocycles. The predicted molar refractivity (Wildman–Crippen MR) is 189 cm³/mol. The molecule has 1 saturated heterocycles. The summed E-state index contributed by atoms with van der Waals surface area (Å²) in [6.07, 6.45) is 2.87. The van der Waals surface area contributed by atoms with E-state index in [1.165, 1.54) is 20.3 Å². The SMILES string of the molecule is COC(=O)CN[C@H]1CCCn2nc(C(=O)Nc3cccc(-c4cccc(-c5cc(F)c(CNC[C@@H]6CCC(=O)N6)c(OC)c5)c4Cl)c3Cl)cc21. The van der Waals surface area contributed by atoms with E-state index in [0.29, 0.717) is 63.8 Å². The maximum absolute atomic E-state index is 15.5. The minimum atomic E-state index is -0.460. The molecule has 14 heteroatoms. The number of benzene rings is 3. The molecular weight excluding hydrogens is 686 g/mol. The quantitative estimate of drug-likeness (QED) is 0.133. The molecule has 0 spiro atoms. The van der Waals surface area contributed by atoms with Crippen molar-refractivity contribution in [3.63, 3.8) is 0 Å². The summed E-state index contributed by atoms with van der Waals surface area (Å²) in [4.78, 5) is 36.5. The van der Waals surface area contributed by atoms with E-state index in [4.69, 9.17) is 32.7 Å². The number of rotatable bonds is 12. The lowest BCUT2D eigenvalue weighted by Crippen LogP contribution is -2.35. The first-order chi connectivity index (χ1) is 24.2. The van der Waals surface area contributed by atoms with Gasteiger partial charge in [-0.1, -0.05) is 53.5 Å². The number of ether oxygens (including phenoxy) is 2. The molecule has 0 bridgehead atoms. The van der Waals surface area contributed by atoms with Crippen LogP contribution in [0.1, 0.15) is 53.5 Å². The summed E-state index contributed by atoms with van der Waals surface area (Å²) >= 11 is 13.9. The number of methoxy groups -OCH3 is 2. The number of hydrogen-bond donors (Lipinski definition) is 4. The van der Waals surface area contributed by atoms with Crippen molar-refractivity contribution in [3.05, 3.63) is 87.4 Å². The number of nitrogens with zero attached hydrogens (tertiary/aromatic N) is 2. The molecule has 3 heterocycles. The van der Waals surface area contributed by atoms with Crippen LogP contribution in [0.15, 0.2) is 54.6 Å². The van der Waals surface area contributed by atoms with Gasteiger partial charge in [-0.3, -0.25) is 24.4 Å². The van der Waals surface area contributed by atoms with Crippen molar-refractivity contribution in [1.82, 2.24) is 25.7 Å². The fourth-order valence-corrected chi connectivity index (χ4v) is 7.00. The van der Waals surface area contributed by atoms with Gasteiger partial charge in [0.15, 0.2) is 5.69 Å². The Morgan fingerprint density at radius 1 is 1.04 bits per heavy atom. The number of hydrogen-bond acceptors (Lipinski definition) is 8. The van der Waals surface area contributed by atoms with Gasteiger partial charge in [0, 0.05) is 60.4 Å². The number of nitrogens with one attached hydrogen (secondary N) is 4. The van der Waals surface area contributed by atoms with Crippen molar-refractivity contribution in [2.75, 3.05) is 32.6 Å². The fraction of sp³-hybridized carbons (Fsp3) is 0.333. The lowest BCUT2D eigenvalue weighted by atomic mass is 9.97. The molecule has 1 aromatic heterocycles. The summed E-state index contributed by atoms with van der Waals surface area (Å²) < 4.78 is 27.6. The largest absolute Gasteiger partial charge is 0.496 e. The average Bonchev–Trinajstić information content (AvgIpc) is 3.75. The fourth-order valence-electron chi connectivity index (χ4n) is 6.39. The third-order valence-corrected chi connectivity index (χ3v) is 9.80. The van der Waals surface area contributed by atoms with E-state index in [1.54, 1.807) is 53.2 Å². The number of anilines is 1. The van der Waals surface area contributed by atoms with Gasteiger partial charge >= 0.3 is 5.97 Å². The Balaban J connectivity index is 1.20. The zero-order chi connectivity index (χ0) is 35.4. The molecule has 1 fully saturated rings. The minimum absolute atomic E-state index is 0.0165. The van der Waals surface area contributed by atoms with E-state index in [-0.39, 0.29) is 47.8 Å². The Bertz CT molecular complexity index is 1940. The zero-order valence-electron chi connectivity index (χ0n) is 27.6. The van der Waals surface area contributed by atoms with E-state index in [2.05, 4.69) is 26.4 Å². The lowest BCUT2D eigenvalue weighted by molar-refractivity contribution is -0.139. The van der Waals surface area contributed by atoms with Crippen LogP contribution in [0.3, 0.4) is 0 Å². The Hall–Kier alpha value is -4.49. The van der Waals surface area contributed by atoms with E-state index in [9.17, 15) is 14.4 Å². The number of carbonyl (C=O) groups excluding carboxylic acids is 3. The highest BCUT2D eigenvalue weighted by molar-refractivity contribution is 6.39. The van der Waals surface area contributed by atoms with Gasteiger partial charge in [0.05, 0.1) is 42.2 Å². The molecule has 0 radical (unpaired) electrons. The van der Waals surface area contributed by atoms with Crippen LogP contribution < -0.4 is 26.0 Å². The first-order valence-electron chi connectivity index (χ1n) is 16.3. The molecule has 3 aromatic carbocycles. The van der Waals surface area contributed by atoms with Gasteiger partial charge in [-0.25, -0.2) is 4.39 Å². The Kier molecular flexibility index (Phi) is 11.0. The monoisotopic (exact) mass is 722 g/mol. The second-order valence-electron chi connectivity index (χ2n) is 12.2. The predicted octanol–water partition coefficient (Wildman–Crippen LogP) is 5.89. The van der Waals surface area contributed by atoms with Gasteiger partial charge in [0.1, 0.15) is 11.6 Å². The summed E-state index contributed by atoms with van der Waals surface area (Å²) in [5, 5.41) is 17.3. The van der Waals surface area contributed by atoms with Crippen molar-refractivity contribution in [2.45, 2.75) is 50.9 Å². The minimum Gasteiger partial charge on any atom is -0.496 e. The van der Waals surface area contributed by atoms with Crippen molar-refractivity contribution in [2.24, 2.45) is 0 Å². The van der Waals surface area contributed by atoms with Gasteiger partial charge in [-0.05, 0) is 49.1 Å². The Morgan fingerprint density at radius 3 is 2.54 bits per heavy atom. The second-order valence-corrected chi connectivity index (χ2v) is 12.9. The number of aryl methyl sites for hydroxylation is 1. The molecule has 6 rings (SSSR count). The molecular formula is C36H37Cl2FN6O5. The van der Waals surface area contributed by atoms with Gasteiger partial charge in [-0.2, -0.15) is 5.10 Å². The highest BCUT2D eigenvalue weighted by Crippen LogP contribution is 2.42. The van der Waals surface area contributed by atoms with Crippen LogP contribution in [0.25, 0.3) is 22.3 Å². The topological polar surface area (TPSA) is 136 Å². The first-order valence-corrected chi connectivity index (χ1v) is 17.1. The summed E-state index contributed by atoms with van der Waals surface area (Å²) in [7, 11) is 2.82. The maximum atomic E-state index is 15.5. The Labute approximate surface area is 298 Å². The first kappa shape index (κ1) is 35.3. The van der Waals surface area contributed by atoms with E-state index < -0.39 is 11.7 Å². The molecule has 0 unspecified atom stereocenters. The van der Waals surface area contributed by atoms with Crippen molar-refractivity contribution in [1.29, 1.82) is 0 Å².